The van der Waals surface area contributed by atoms with Gasteiger partial charge in [-0.2, -0.15) is 0 Å². The second kappa shape index (κ2) is 10.1. The van der Waals surface area contributed by atoms with Gasteiger partial charge >= 0.3 is 0 Å². The highest BCUT2D eigenvalue weighted by Crippen LogP contribution is 2.25. The highest BCUT2D eigenvalue weighted by atomic mass is 79.9. The van der Waals surface area contributed by atoms with Gasteiger partial charge in [0.2, 0.25) is 0 Å². The molecule has 0 heterocycles. The summed E-state index contributed by atoms with van der Waals surface area (Å²) in [4.78, 5) is 14.5. The van der Waals surface area contributed by atoms with E-state index in [-0.39, 0.29) is 23.5 Å². The minimum absolute atomic E-state index is 0.0637. The minimum atomic E-state index is -0.874. The van der Waals surface area contributed by atoms with Gasteiger partial charge in [-0.1, -0.05) is 34.2 Å². The van der Waals surface area contributed by atoms with E-state index < -0.39 is 17.4 Å². The topological polar surface area (TPSA) is 29.5 Å². The number of hydrogen-bond acceptors (Lipinski definition) is 3. The van der Waals surface area contributed by atoms with Gasteiger partial charge in [0, 0.05) is 29.2 Å². The molecule has 2 rings (SSSR count). The van der Waals surface area contributed by atoms with Crippen LogP contribution in [0.5, 0.6) is 5.75 Å². The second-order valence-electron chi connectivity index (χ2n) is 5.89. The van der Waals surface area contributed by atoms with E-state index in [4.69, 9.17) is 4.74 Å². The average molecular weight is 436 g/mol. The molecule has 0 radical (unpaired) electrons. The van der Waals surface area contributed by atoms with Crippen molar-refractivity contribution in [3.63, 3.8) is 0 Å². The minimum Gasteiger partial charge on any atom is -0.486 e. The van der Waals surface area contributed by atoms with Crippen molar-refractivity contribution >= 4 is 21.7 Å². The zero-order chi connectivity index (χ0) is 19.8. The van der Waals surface area contributed by atoms with E-state index in [9.17, 15) is 13.6 Å². The SMILES string of the molecule is C=CCN(C)CC=CCOc1cc(F)cc(C(=O)c2ccc(Br)cc2)c1F. The molecule has 2 aromatic rings. The molecule has 142 valence electrons. The van der Waals surface area contributed by atoms with Crippen LogP contribution in [0.15, 0.2) is 65.7 Å². The Hall–Kier alpha value is -2.31. The zero-order valence-corrected chi connectivity index (χ0v) is 16.5. The standard InChI is InChI=1S/C21H20BrF2NO2/c1-3-10-25(2)11-4-5-12-27-19-14-17(23)13-18(20(19)24)21(26)15-6-8-16(22)9-7-15/h3-9,13-14H,1,10-12H2,2H3. The molecule has 0 aliphatic heterocycles. The molecule has 0 aromatic heterocycles. The Kier molecular flexibility index (Phi) is 7.88. The Morgan fingerprint density at radius 3 is 2.56 bits per heavy atom. The van der Waals surface area contributed by atoms with Crippen LogP contribution in [-0.4, -0.2) is 37.4 Å². The molecule has 3 nitrogen and oxygen atoms in total. The third kappa shape index (κ3) is 6.12. The molecule has 0 aliphatic rings. The summed E-state index contributed by atoms with van der Waals surface area (Å²) in [6, 6.07) is 8.23. The molecular formula is C21H20BrF2NO2. The third-order valence-corrected chi connectivity index (χ3v) is 4.24. The fraction of sp³-hybridized carbons (Fsp3) is 0.190. The van der Waals surface area contributed by atoms with Gasteiger partial charge in [0.05, 0.1) is 5.56 Å². The maximum atomic E-state index is 14.6. The van der Waals surface area contributed by atoms with E-state index in [1.54, 1.807) is 36.4 Å². The van der Waals surface area contributed by atoms with Crippen molar-refractivity contribution in [2.75, 3.05) is 26.7 Å². The monoisotopic (exact) mass is 435 g/mol. The van der Waals surface area contributed by atoms with Crippen LogP contribution in [-0.2, 0) is 0 Å². The summed E-state index contributed by atoms with van der Waals surface area (Å²) in [6.45, 7) is 5.13. The molecule has 27 heavy (non-hydrogen) atoms. The lowest BCUT2D eigenvalue weighted by Crippen LogP contribution is -2.17. The van der Waals surface area contributed by atoms with E-state index in [0.717, 1.165) is 23.2 Å². The van der Waals surface area contributed by atoms with Crippen molar-refractivity contribution in [3.8, 4) is 5.75 Å². The van der Waals surface area contributed by atoms with Crippen molar-refractivity contribution in [1.29, 1.82) is 0 Å². The van der Waals surface area contributed by atoms with Crippen LogP contribution in [0.4, 0.5) is 8.78 Å². The van der Waals surface area contributed by atoms with Crippen molar-refractivity contribution in [2.24, 2.45) is 0 Å². The largest absolute Gasteiger partial charge is 0.486 e. The molecule has 0 atom stereocenters. The van der Waals surface area contributed by atoms with Crippen molar-refractivity contribution in [2.45, 2.75) is 0 Å². The lowest BCUT2D eigenvalue weighted by molar-refractivity contribution is 0.103. The molecule has 0 N–H and O–H groups in total. The first kappa shape index (κ1) is 21.0. The summed E-state index contributed by atoms with van der Waals surface area (Å²) in [5, 5.41) is 0. The number of ketones is 1. The number of likely N-dealkylation sites (N-methyl/N-ethyl adjacent to an activating group) is 1. The van der Waals surface area contributed by atoms with Gasteiger partial charge in [-0.25, -0.2) is 8.78 Å². The summed E-state index contributed by atoms with van der Waals surface area (Å²) in [5.74, 6) is -2.51. The van der Waals surface area contributed by atoms with E-state index in [0.29, 0.717) is 6.54 Å². The number of rotatable bonds is 9. The summed E-state index contributed by atoms with van der Waals surface area (Å²) in [6.07, 6.45) is 5.35. The average Bonchev–Trinajstić information content (AvgIpc) is 2.64. The molecule has 6 heteroatoms. The van der Waals surface area contributed by atoms with Crippen LogP contribution < -0.4 is 4.74 Å². The lowest BCUT2D eigenvalue weighted by Gasteiger charge is -2.11. The van der Waals surface area contributed by atoms with Crippen LogP contribution in [0.1, 0.15) is 15.9 Å². The first-order chi connectivity index (χ1) is 12.9. The molecule has 2 aromatic carbocycles. The molecule has 0 spiro atoms. The molecule has 0 aliphatic carbocycles. The van der Waals surface area contributed by atoms with Crippen LogP contribution in [0.25, 0.3) is 0 Å². The number of carbonyl (C=O) groups excluding carboxylic acids is 1. The van der Waals surface area contributed by atoms with Crippen LogP contribution in [0.3, 0.4) is 0 Å². The summed E-state index contributed by atoms with van der Waals surface area (Å²) in [5.41, 5.74) is -0.0965. The third-order valence-electron chi connectivity index (χ3n) is 3.71. The number of halogens is 3. The van der Waals surface area contributed by atoms with Crippen molar-refractivity contribution in [3.05, 3.63) is 88.4 Å². The molecule has 0 unspecified atom stereocenters. The first-order valence-corrected chi connectivity index (χ1v) is 9.08. The van der Waals surface area contributed by atoms with Gasteiger partial charge in [-0.3, -0.25) is 9.69 Å². The summed E-state index contributed by atoms with van der Waals surface area (Å²) in [7, 11) is 1.93. The van der Waals surface area contributed by atoms with Gasteiger partial charge in [0.25, 0.3) is 0 Å². The molecule has 0 fully saturated rings. The van der Waals surface area contributed by atoms with E-state index >= 15 is 0 Å². The maximum absolute atomic E-state index is 14.6. The number of benzene rings is 2. The Labute approximate surface area is 166 Å². The predicted molar refractivity (Wildman–Crippen MR) is 106 cm³/mol. The normalized spacial score (nSPS) is 11.1. The highest BCUT2D eigenvalue weighted by Gasteiger charge is 2.19. The van der Waals surface area contributed by atoms with E-state index in [1.807, 2.05) is 18.0 Å². The molecule has 0 bridgehead atoms. The van der Waals surface area contributed by atoms with E-state index in [2.05, 4.69) is 22.5 Å². The van der Waals surface area contributed by atoms with Crippen LogP contribution in [0.2, 0.25) is 0 Å². The zero-order valence-electron chi connectivity index (χ0n) is 14.9. The van der Waals surface area contributed by atoms with Crippen LogP contribution >= 0.6 is 15.9 Å². The predicted octanol–water partition coefficient (Wildman–Crippen LogP) is 5.01. The van der Waals surface area contributed by atoms with Crippen molar-refractivity contribution < 1.29 is 18.3 Å². The number of ether oxygens (including phenoxy) is 1. The lowest BCUT2D eigenvalue weighted by atomic mass is 10.0. The Morgan fingerprint density at radius 1 is 1.19 bits per heavy atom. The van der Waals surface area contributed by atoms with E-state index in [1.165, 1.54) is 0 Å². The molecule has 0 saturated heterocycles. The Balaban J connectivity index is 2.10. The number of carbonyl (C=O) groups is 1. The van der Waals surface area contributed by atoms with Gasteiger partial charge < -0.3 is 4.74 Å². The Morgan fingerprint density at radius 2 is 1.89 bits per heavy atom. The highest BCUT2D eigenvalue weighted by molar-refractivity contribution is 9.10. The fourth-order valence-corrected chi connectivity index (χ4v) is 2.61. The van der Waals surface area contributed by atoms with Gasteiger partial charge in [0.15, 0.2) is 17.3 Å². The summed E-state index contributed by atoms with van der Waals surface area (Å²) >= 11 is 3.27. The van der Waals surface area contributed by atoms with Crippen LogP contribution in [0, 0.1) is 11.6 Å². The quantitative estimate of drug-likeness (QED) is 0.409. The van der Waals surface area contributed by atoms with Gasteiger partial charge in [-0.15, -0.1) is 6.58 Å². The molecule has 0 saturated carbocycles. The molecular weight excluding hydrogens is 416 g/mol. The Bertz CT molecular complexity index is 835. The maximum Gasteiger partial charge on any atom is 0.196 e. The number of hydrogen-bond donors (Lipinski definition) is 0. The molecule has 0 amide bonds. The smallest absolute Gasteiger partial charge is 0.196 e. The number of nitrogens with zero attached hydrogens (tertiary/aromatic N) is 1. The summed E-state index contributed by atoms with van der Waals surface area (Å²) < 4.78 is 34.6. The van der Waals surface area contributed by atoms with Gasteiger partial charge in [-0.05, 0) is 37.4 Å². The van der Waals surface area contributed by atoms with Crippen molar-refractivity contribution in [1.82, 2.24) is 4.90 Å². The van der Waals surface area contributed by atoms with Gasteiger partial charge in [0.1, 0.15) is 12.4 Å². The second-order valence-corrected chi connectivity index (χ2v) is 6.81. The first-order valence-electron chi connectivity index (χ1n) is 8.29. The fourth-order valence-electron chi connectivity index (χ4n) is 2.35.